The van der Waals surface area contributed by atoms with Crippen molar-refractivity contribution < 1.29 is 17.9 Å². The summed E-state index contributed by atoms with van der Waals surface area (Å²) in [5, 5.41) is 10.0. The Morgan fingerprint density at radius 3 is 2.35 bits per heavy atom. The van der Waals surface area contributed by atoms with Crippen LogP contribution < -0.4 is 14.8 Å². The van der Waals surface area contributed by atoms with Gasteiger partial charge in [-0.25, -0.2) is 13.1 Å². The molecule has 0 saturated carbocycles. The highest BCUT2D eigenvalue weighted by Crippen LogP contribution is 2.24. The molecule has 3 aromatic rings. The molecule has 3 rings (SSSR count). The summed E-state index contributed by atoms with van der Waals surface area (Å²) in [5.74, 6) is 0.272. The third kappa shape index (κ3) is 6.33. The van der Waals surface area contributed by atoms with E-state index in [4.69, 9.17) is 4.74 Å². The zero-order chi connectivity index (χ0) is 22.5. The van der Waals surface area contributed by atoms with E-state index in [0.29, 0.717) is 11.3 Å². The first-order valence-electron chi connectivity index (χ1n) is 9.58. The molecule has 10 heteroatoms. The topological polar surface area (TPSA) is 110 Å². The number of carbonyl (C=O) groups excluding carboxylic acids is 1. The van der Waals surface area contributed by atoms with Gasteiger partial charge in [-0.05, 0) is 35.2 Å². The van der Waals surface area contributed by atoms with Crippen LogP contribution in [0.15, 0.2) is 58.9 Å². The van der Waals surface area contributed by atoms with E-state index in [1.807, 2.05) is 24.3 Å². The van der Waals surface area contributed by atoms with Gasteiger partial charge in [0.05, 0.1) is 0 Å². The van der Waals surface area contributed by atoms with Crippen LogP contribution in [0, 0.1) is 0 Å². The summed E-state index contributed by atoms with van der Waals surface area (Å²) in [7, 11) is -3.86. The maximum Gasteiger partial charge on any atom is 0.269 e. The van der Waals surface area contributed by atoms with Gasteiger partial charge in [-0.3, -0.25) is 10.1 Å². The molecule has 164 valence electrons. The average Bonchev–Trinajstić information content (AvgIpc) is 3.21. The molecule has 8 nitrogen and oxygen atoms in total. The van der Waals surface area contributed by atoms with Gasteiger partial charge in [0.15, 0.2) is 0 Å². The summed E-state index contributed by atoms with van der Waals surface area (Å²) in [6, 6.07) is 16.3. The van der Waals surface area contributed by atoms with E-state index in [9.17, 15) is 13.2 Å². The fraction of sp³-hybridized carbons (Fsp3) is 0.286. The second kappa shape index (κ2) is 9.54. The van der Waals surface area contributed by atoms with Crippen molar-refractivity contribution in [2.24, 2.45) is 0 Å². The third-order valence-corrected chi connectivity index (χ3v) is 6.94. The summed E-state index contributed by atoms with van der Waals surface area (Å²) < 4.78 is 32.6. The predicted molar refractivity (Wildman–Crippen MR) is 120 cm³/mol. The number of nitrogens with one attached hydrogen (secondary N) is 2. The van der Waals surface area contributed by atoms with Crippen LogP contribution in [0.5, 0.6) is 5.75 Å². The Bertz CT molecular complexity index is 1120. The molecular weight excluding hydrogens is 436 g/mol. The lowest BCUT2D eigenvalue weighted by atomic mass is 9.87. The van der Waals surface area contributed by atoms with Crippen LogP contribution >= 0.6 is 11.3 Å². The van der Waals surface area contributed by atoms with Crippen molar-refractivity contribution in [3.05, 3.63) is 65.7 Å². The molecule has 2 N–H and O–H groups in total. The second-order valence-electron chi connectivity index (χ2n) is 7.71. The minimum Gasteiger partial charge on any atom is -0.492 e. The number of rotatable bonds is 8. The van der Waals surface area contributed by atoms with E-state index in [1.165, 1.54) is 5.56 Å². The quantitative estimate of drug-likeness (QED) is 0.394. The number of benzene rings is 2. The molecule has 31 heavy (non-hydrogen) atoms. The number of carbonyl (C=O) groups is 1. The van der Waals surface area contributed by atoms with E-state index >= 15 is 0 Å². The highest BCUT2D eigenvalue weighted by atomic mass is 32.2. The highest BCUT2D eigenvalue weighted by Gasteiger charge is 2.21. The van der Waals surface area contributed by atoms with Gasteiger partial charge in [0.1, 0.15) is 12.4 Å². The molecule has 2 aromatic carbocycles. The molecule has 0 radical (unpaired) electrons. The summed E-state index contributed by atoms with van der Waals surface area (Å²) in [6.07, 6.45) is 0. The van der Waals surface area contributed by atoms with Gasteiger partial charge in [0.25, 0.3) is 15.9 Å². The Morgan fingerprint density at radius 2 is 1.71 bits per heavy atom. The Hall–Kier alpha value is -2.82. The zero-order valence-electron chi connectivity index (χ0n) is 17.5. The zero-order valence-corrected chi connectivity index (χ0v) is 19.1. The van der Waals surface area contributed by atoms with Crippen LogP contribution in [0.2, 0.25) is 0 Å². The standard InChI is InChI=1S/C21H24N4O4S2/c1-21(2,3)16-9-11-17(12-10-16)29-14-13-22-31(27,28)20-25-24-19(30-20)23-18(26)15-7-5-4-6-8-15/h4-12,22H,13-14H2,1-3H3,(H,23,24,26). The third-order valence-electron chi connectivity index (χ3n) is 4.28. The van der Waals surface area contributed by atoms with E-state index in [1.54, 1.807) is 30.3 Å². The number of nitrogens with zero attached hydrogens (tertiary/aromatic N) is 2. The molecule has 0 fully saturated rings. The van der Waals surface area contributed by atoms with Crippen LogP contribution in [-0.4, -0.2) is 37.7 Å². The predicted octanol–water partition coefficient (Wildman–Crippen LogP) is 3.45. The van der Waals surface area contributed by atoms with Gasteiger partial charge in [0.2, 0.25) is 9.47 Å². The van der Waals surface area contributed by atoms with Crippen LogP contribution in [-0.2, 0) is 15.4 Å². The van der Waals surface area contributed by atoms with Gasteiger partial charge in [-0.15, -0.1) is 10.2 Å². The molecule has 0 spiro atoms. The van der Waals surface area contributed by atoms with Crippen molar-refractivity contribution in [3.8, 4) is 5.75 Å². The van der Waals surface area contributed by atoms with Crippen molar-refractivity contribution in [2.75, 3.05) is 18.5 Å². The number of sulfonamides is 1. The lowest BCUT2D eigenvalue weighted by molar-refractivity contribution is 0.102. The van der Waals surface area contributed by atoms with Crippen molar-refractivity contribution in [1.29, 1.82) is 0 Å². The average molecular weight is 461 g/mol. The Balaban J connectivity index is 1.50. The van der Waals surface area contributed by atoms with E-state index in [2.05, 4.69) is 41.0 Å². The van der Waals surface area contributed by atoms with Crippen molar-refractivity contribution in [3.63, 3.8) is 0 Å². The molecule has 0 aliphatic carbocycles. The second-order valence-corrected chi connectivity index (χ2v) is 10.6. The first kappa shape index (κ1) is 22.9. The summed E-state index contributed by atoms with van der Waals surface area (Å²) in [5.41, 5.74) is 1.68. The molecule has 0 aliphatic rings. The van der Waals surface area contributed by atoms with Gasteiger partial charge in [0, 0.05) is 12.1 Å². The minimum atomic E-state index is -3.86. The Labute approximate surface area is 185 Å². The van der Waals surface area contributed by atoms with E-state index < -0.39 is 10.0 Å². The SMILES string of the molecule is CC(C)(C)c1ccc(OCCNS(=O)(=O)c2nnc(NC(=O)c3ccccc3)s2)cc1. The van der Waals surface area contributed by atoms with Crippen LogP contribution in [0.25, 0.3) is 0 Å². The normalized spacial score (nSPS) is 11.8. The fourth-order valence-corrected chi connectivity index (χ4v) is 4.53. The van der Waals surface area contributed by atoms with Gasteiger partial charge < -0.3 is 4.74 Å². The lowest BCUT2D eigenvalue weighted by Gasteiger charge is -2.19. The molecule has 1 amide bonds. The molecule has 1 heterocycles. The van der Waals surface area contributed by atoms with Crippen molar-refractivity contribution >= 4 is 32.4 Å². The summed E-state index contributed by atoms with van der Waals surface area (Å²) in [6.45, 7) is 6.61. The molecule has 1 aromatic heterocycles. The Morgan fingerprint density at radius 1 is 1.03 bits per heavy atom. The fourth-order valence-electron chi connectivity index (χ4n) is 2.59. The molecule has 0 atom stereocenters. The maximum absolute atomic E-state index is 12.4. The smallest absolute Gasteiger partial charge is 0.269 e. The minimum absolute atomic E-state index is 0.0509. The molecule has 0 unspecified atom stereocenters. The van der Waals surface area contributed by atoms with E-state index in [-0.39, 0.29) is 33.9 Å². The van der Waals surface area contributed by atoms with Gasteiger partial charge in [-0.2, -0.15) is 0 Å². The van der Waals surface area contributed by atoms with Crippen LogP contribution in [0.4, 0.5) is 5.13 Å². The van der Waals surface area contributed by atoms with Crippen molar-refractivity contribution in [1.82, 2.24) is 14.9 Å². The number of hydrogen-bond donors (Lipinski definition) is 2. The molecular formula is C21H24N4O4S2. The number of amides is 1. The van der Waals surface area contributed by atoms with Crippen molar-refractivity contribution in [2.45, 2.75) is 30.5 Å². The molecule has 0 bridgehead atoms. The van der Waals surface area contributed by atoms with Gasteiger partial charge >= 0.3 is 0 Å². The summed E-state index contributed by atoms with van der Waals surface area (Å²) in [4.78, 5) is 12.1. The molecule has 0 saturated heterocycles. The lowest BCUT2D eigenvalue weighted by Crippen LogP contribution is -2.28. The highest BCUT2D eigenvalue weighted by molar-refractivity contribution is 7.91. The number of hydrogen-bond acceptors (Lipinski definition) is 7. The Kier molecular flexibility index (Phi) is 7.04. The van der Waals surface area contributed by atoms with E-state index in [0.717, 1.165) is 11.3 Å². The van der Waals surface area contributed by atoms with Crippen LogP contribution in [0.1, 0.15) is 36.7 Å². The maximum atomic E-state index is 12.4. The monoisotopic (exact) mass is 460 g/mol. The first-order chi connectivity index (χ1) is 14.6. The van der Waals surface area contributed by atoms with Crippen LogP contribution in [0.3, 0.4) is 0 Å². The number of aromatic nitrogens is 2. The largest absolute Gasteiger partial charge is 0.492 e. The number of anilines is 1. The summed E-state index contributed by atoms with van der Waals surface area (Å²) >= 11 is 0.776. The first-order valence-corrected chi connectivity index (χ1v) is 11.9. The molecule has 0 aliphatic heterocycles. The number of ether oxygens (including phenoxy) is 1. The van der Waals surface area contributed by atoms with Gasteiger partial charge in [-0.1, -0.05) is 62.4 Å².